The van der Waals surface area contributed by atoms with Crippen molar-refractivity contribution in [3.63, 3.8) is 0 Å². The van der Waals surface area contributed by atoms with Crippen molar-refractivity contribution >= 4 is 52.5 Å². The van der Waals surface area contributed by atoms with Crippen LogP contribution in [-0.4, -0.2) is 115 Å². The molecule has 11 rings (SSSR count). The van der Waals surface area contributed by atoms with E-state index in [1.807, 2.05) is 35.2 Å². The molecule has 73 heavy (non-hydrogen) atoms. The van der Waals surface area contributed by atoms with Crippen LogP contribution in [-0.2, 0) is 65.1 Å². The van der Waals surface area contributed by atoms with Crippen LogP contribution in [0.1, 0.15) is 102 Å². The van der Waals surface area contributed by atoms with Gasteiger partial charge in [0.25, 0.3) is 17.4 Å². The average molecular weight is 991 g/mol. The molecule has 0 bridgehead atoms. The standard InChI is InChI=1S/C55H62N10O8/c1-32-28-61(51(69)34-21-38(22-34)73-20-6-8-33-7-5-9-40-41(33)30-65(52(40)70)44-11-13-48(67)59-50(44)68)16-17-62(32)37-10-12-47(57-27-37)58-43-23-36(29-60(4)53(43)71)39-14-15-56-49(42(39)31-66)64-19-18-63-45(54(64)72)24-35-25-55(2,3)26-46(35)63/h5,7,9-10,12,14-15,23-24,27,29,32,34,38,44,66H,6,8,11,13,16-22,25-26,28,30-31H2,1-4H3,(H,57,58)(H,59,67,68)/t32-,34-,38-,44?/m0/s1. The molecule has 8 heterocycles. The minimum absolute atomic E-state index is 0.0288. The molecule has 5 aromatic rings. The molecular formula is C55H62N10O8. The highest BCUT2D eigenvalue weighted by atomic mass is 16.5. The Morgan fingerprint density at radius 3 is 2.55 bits per heavy atom. The van der Waals surface area contributed by atoms with Crippen molar-refractivity contribution < 1.29 is 33.8 Å². The van der Waals surface area contributed by atoms with Crippen molar-refractivity contribution in [2.24, 2.45) is 18.4 Å². The predicted octanol–water partition coefficient (Wildman–Crippen LogP) is 4.89. The number of imide groups is 1. The van der Waals surface area contributed by atoms with Gasteiger partial charge in [-0.2, -0.15) is 0 Å². The van der Waals surface area contributed by atoms with E-state index >= 15 is 0 Å². The van der Waals surface area contributed by atoms with E-state index in [4.69, 9.17) is 9.72 Å². The number of hydrogen-bond donors (Lipinski definition) is 3. The normalized spacial score (nSPS) is 22.3. The van der Waals surface area contributed by atoms with E-state index in [9.17, 15) is 33.9 Å². The van der Waals surface area contributed by atoms with E-state index in [1.54, 1.807) is 53.6 Å². The van der Waals surface area contributed by atoms with E-state index in [-0.39, 0.29) is 65.7 Å². The van der Waals surface area contributed by atoms with Crippen molar-refractivity contribution in [2.45, 2.75) is 110 Å². The largest absolute Gasteiger partial charge is 0.392 e. The molecule has 2 saturated heterocycles. The summed E-state index contributed by atoms with van der Waals surface area (Å²) in [6.07, 6.45) is 10.4. The summed E-state index contributed by atoms with van der Waals surface area (Å²) >= 11 is 0. The number of pyridine rings is 3. The summed E-state index contributed by atoms with van der Waals surface area (Å²) in [6, 6.07) is 14.5. The molecule has 18 nitrogen and oxygen atoms in total. The second-order valence-corrected chi connectivity index (χ2v) is 21.5. The number of ether oxygens (including phenoxy) is 1. The number of hydrogen-bond acceptors (Lipinski definition) is 12. The SMILES string of the molecule is C[C@H]1CN(C(=O)[C@H]2C[C@H](OCCCc3cccc4c3CN(C3CCC(=O)NC3=O)C4=O)C2)CCN1c1ccc(Nc2cc(-c3ccnc(N4CCn5c(cc6c5CC(C)(C)C6)C4=O)c3CO)cn(C)c2=O)nc1. The number of amides is 5. The molecule has 6 aliphatic rings. The number of nitrogens with one attached hydrogen (secondary N) is 2. The maximum atomic E-state index is 14.0. The van der Waals surface area contributed by atoms with Gasteiger partial charge in [-0.25, -0.2) is 9.97 Å². The van der Waals surface area contributed by atoms with Crippen molar-refractivity contribution in [1.29, 1.82) is 0 Å². The number of rotatable bonds is 13. The van der Waals surface area contributed by atoms with Gasteiger partial charge in [-0.15, -0.1) is 0 Å². The van der Waals surface area contributed by atoms with Gasteiger partial charge in [-0.3, -0.25) is 39.0 Å². The third kappa shape index (κ3) is 8.98. The first-order valence-electron chi connectivity index (χ1n) is 25.6. The van der Waals surface area contributed by atoms with Gasteiger partial charge in [0.15, 0.2) is 0 Å². The third-order valence-electron chi connectivity index (χ3n) is 15.9. The fraction of sp³-hybridized carbons (Fsp3) is 0.455. The lowest BCUT2D eigenvalue weighted by atomic mass is 9.81. The first kappa shape index (κ1) is 48.1. The van der Waals surface area contributed by atoms with Gasteiger partial charge in [0.05, 0.1) is 24.6 Å². The van der Waals surface area contributed by atoms with Crippen LogP contribution in [0.15, 0.2) is 71.9 Å². The lowest BCUT2D eigenvalue weighted by Crippen LogP contribution is -2.56. The minimum atomic E-state index is -0.644. The maximum absolute atomic E-state index is 14.0. The average Bonchev–Trinajstić information content (AvgIpc) is 3.99. The van der Waals surface area contributed by atoms with E-state index in [0.717, 1.165) is 42.5 Å². The molecule has 3 N–H and O–H groups in total. The van der Waals surface area contributed by atoms with Gasteiger partial charge in [-0.05, 0) is 116 Å². The van der Waals surface area contributed by atoms with Crippen molar-refractivity contribution in [1.82, 2.24) is 34.2 Å². The van der Waals surface area contributed by atoms with E-state index in [1.165, 1.54) is 15.8 Å². The Labute approximate surface area is 423 Å². The summed E-state index contributed by atoms with van der Waals surface area (Å²) in [5.41, 5.74) is 8.67. The Hall–Kier alpha value is -7.18. The third-order valence-corrected chi connectivity index (χ3v) is 15.9. The van der Waals surface area contributed by atoms with Gasteiger partial charge in [0.1, 0.15) is 29.1 Å². The Bertz CT molecular complexity index is 3120. The van der Waals surface area contributed by atoms with Gasteiger partial charge in [0.2, 0.25) is 17.7 Å². The molecule has 2 aliphatic carbocycles. The summed E-state index contributed by atoms with van der Waals surface area (Å²) in [7, 11) is 1.67. The maximum Gasteiger partial charge on any atom is 0.276 e. The molecule has 2 atom stereocenters. The number of aryl methyl sites for hydroxylation is 2. The first-order valence-corrected chi connectivity index (χ1v) is 25.6. The Kier molecular flexibility index (Phi) is 12.5. The lowest BCUT2D eigenvalue weighted by molar-refractivity contribution is -0.145. The van der Waals surface area contributed by atoms with Crippen LogP contribution in [0, 0.1) is 11.3 Å². The summed E-state index contributed by atoms with van der Waals surface area (Å²) in [5, 5.41) is 16.4. The van der Waals surface area contributed by atoms with Crippen LogP contribution < -0.4 is 26.0 Å². The Morgan fingerprint density at radius 1 is 0.945 bits per heavy atom. The molecule has 0 radical (unpaired) electrons. The summed E-state index contributed by atoms with van der Waals surface area (Å²) in [4.78, 5) is 95.3. The van der Waals surface area contributed by atoms with E-state index in [0.29, 0.717) is 110 Å². The number of anilines is 4. The highest BCUT2D eigenvalue weighted by Crippen LogP contribution is 2.41. The number of piperidine rings is 1. The number of fused-ring (bicyclic) bond motifs is 4. The zero-order valence-electron chi connectivity index (χ0n) is 41.9. The Morgan fingerprint density at radius 2 is 1.78 bits per heavy atom. The molecule has 5 amide bonds. The molecule has 1 unspecified atom stereocenters. The summed E-state index contributed by atoms with van der Waals surface area (Å²) < 4.78 is 9.83. The molecule has 1 aromatic carbocycles. The smallest absolute Gasteiger partial charge is 0.276 e. The number of carbonyl (C=O) groups excluding carboxylic acids is 5. The predicted molar refractivity (Wildman–Crippen MR) is 272 cm³/mol. The van der Waals surface area contributed by atoms with Crippen LogP contribution in [0.25, 0.3) is 11.1 Å². The number of piperazine rings is 1. The molecule has 4 aromatic heterocycles. The number of aromatic nitrogens is 4. The molecule has 1 saturated carbocycles. The molecule has 18 heteroatoms. The van der Waals surface area contributed by atoms with Crippen LogP contribution in [0.3, 0.4) is 0 Å². The van der Waals surface area contributed by atoms with Crippen LogP contribution in [0.2, 0.25) is 0 Å². The van der Waals surface area contributed by atoms with Crippen LogP contribution in [0.5, 0.6) is 0 Å². The van der Waals surface area contributed by atoms with Crippen LogP contribution in [0.4, 0.5) is 23.0 Å². The van der Waals surface area contributed by atoms with Gasteiger partial charge >= 0.3 is 0 Å². The van der Waals surface area contributed by atoms with Crippen molar-refractivity contribution in [3.8, 4) is 11.1 Å². The number of carbonyl (C=O) groups is 5. The fourth-order valence-electron chi connectivity index (χ4n) is 12.1. The van der Waals surface area contributed by atoms with Crippen LogP contribution >= 0.6 is 0 Å². The van der Waals surface area contributed by atoms with Gasteiger partial charge in [0, 0.05) is 106 Å². The fourth-order valence-corrected chi connectivity index (χ4v) is 12.1. The highest BCUT2D eigenvalue weighted by Gasteiger charge is 2.42. The van der Waals surface area contributed by atoms with E-state index < -0.39 is 11.9 Å². The molecular weight excluding hydrogens is 929 g/mol. The minimum Gasteiger partial charge on any atom is -0.392 e. The van der Waals surface area contributed by atoms with Crippen molar-refractivity contribution in [2.75, 3.05) is 47.9 Å². The van der Waals surface area contributed by atoms with Gasteiger partial charge < -0.3 is 39.0 Å². The second kappa shape index (κ2) is 19.0. The molecule has 4 aliphatic heterocycles. The zero-order valence-corrected chi connectivity index (χ0v) is 41.9. The zero-order chi connectivity index (χ0) is 50.9. The first-order chi connectivity index (χ1) is 35.1. The Balaban J connectivity index is 0.664. The number of aliphatic hydroxyl groups is 1. The topological polar surface area (TPSA) is 205 Å². The lowest BCUT2D eigenvalue weighted by Gasteiger charge is -2.44. The molecule has 380 valence electrons. The summed E-state index contributed by atoms with van der Waals surface area (Å²) in [6.45, 7) is 10.0. The monoisotopic (exact) mass is 990 g/mol. The van der Waals surface area contributed by atoms with Crippen molar-refractivity contribution in [3.05, 3.63) is 117 Å². The number of nitrogens with zero attached hydrogens (tertiary/aromatic N) is 8. The van der Waals surface area contributed by atoms with Gasteiger partial charge in [-0.1, -0.05) is 26.0 Å². The highest BCUT2D eigenvalue weighted by molar-refractivity contribution is 6.07. The molecule has 3 fully saturated rings. The second-order valence-electron chi connectivity index (χ2n) is 21.5. The quantitative estimate of drug-likeness (QED) is 0.107. The number of benzene rings is 1. The number of aliphatic hydroxyl groups excluding tert-OH is 1. The molecule has 0 spiro atoms. The summed E-state index contributed by atoms with van der Waals surface area (Å²) in [5.74, 6) is -0.0591. The van der Waals surface area contributed by atoms with E-state index in [2.05, 4.69) is 45.9 Å².